The molecule has 0 fully saturated rings. The SMILES string of the molecule is CCc1ccc(Oc2coc3cc(OCC(=O)Nc4ccccc4)ccc3c2=O)cc1. The number of nitrogens with one attached hydrogen (secondary N) is 1. The summed E-state index contributed by atoms with van der Waals surface area (Å²) < 4.78 is 16.8. The fourth-order valence-electron chi connectivity index (χ4n) is 3.04. The molecule has 0 saturated heterocycles. The van der Waals surface area contributed by atoms with E-state index in [4.69, 9.17) is 13.9 Å². The van der Waals surface area contributed by atoms with Crippen LogP contribution in [-0.4, -0.2) is 12.5 Å². The summed E-state index contributed by atoms with van der Waals surface area (Å²) in [6.07, 6.45) is 2.21. The summed E-state index contributed by atoms with van der Waals surface area (Å²) in [5, 5.41) is 3.11. The van der Waals surface area contributed by atoms with Gasteiger partial charge in [-0.1, -0.05) is 37.3 Å². The molecule has 0 unspecified atom stereocenters. The molecule has 156 valence electrons. The minimum Gasteiger partial charge on any atom is -0.484 e. The van der Waals surface area contributed by atoms with E-state index < -0.39 is 0 Å². The van der Waals surface area contributed by atoms with E-state index in [1.54, 1.807) is 30.3 Å². The molecule has 6 nitrogen and oxygen atoms in total. The molecule has 1 N–H and O–H groups in total. The molecule has 31 heavy (non-hydrogen) atoms. The maximum Gasteiger partial charge on any atom is 0.262 e. The topological polar surface area (TPSA) is 77.8 Å². The largest absolute Gasteiger partial charge is 0.484 e. The van der Waals surface area contributed by atoms with E-state index in [0.29, 0.717) is 28.2 Å². The van der Waals surface area contributed by atoms with Crippen LogP contribution < -0.4 is 20.2 Å². The number of hydrogen-bond acceptors (Lipinski definition) is 5. The fraction of sp³-hybridized carbons (Fsp3) is 0.120. The first-order valence-corrected chi connectivity index (χ1v) is 9.92. The van der Waals surface area contributed by atoms with Crippen molar-refractivity contribution in [2.45, 2.75) is 13.3 Å². The van der Waals surface area contributed by atoms with Crippen molar-refractivity contribution in [2.75, 3.05) is 11.9 Å². The van der Waals surface area contributed by atoms with Crippen molar-refractivity contribution >= 4 is 22.6 Å². The van der Waals surface area contributed by atoms with Crippen LogP contribution >= 0.6 is 0 Å². The summed E-state index contributed by atoms with van der Waals surface area (Å²) in [7, 11) is 0. The smallest absolute Gasteiger partial charge is 0.262 e. The summed E-state index contributed by atoms with van der Waals surface area (Å²) in [6, 6.07) is 21.5. The molecule has 3 aromatic carbocycles. The Morgan fingerprint density at radius 1 is 0.968 bits per heavy atom. The first-order valence-electron chi connectivity index (χ1n) is 9.92. The number of fused-ring (bicyclic) bond motifs is 1. The van der Waals surface area contributed by atoms with Crippen LogP contribution in [0.3, 0.4) is 0 Å². The highest BCUT2D eigenvalue weighted by atomic mass is 16.5. The van der Waals surface area contributed by atoms with Gasteiger partial charge in [-0.15, -0.1) is 0 Å². The van der Waals surface area contributed by atoms with Crippen LogP contribution in [0.1, 0.15) is 12.5 Å². The van der Waals surface area contributed by atoms with E-state index in [-0.39, 0.29) is 23.7 Å². The van der Waals surface area contributed by atoms with Gasteiger partial charge in [0.2, 0.25) is 11.2 Å². The number of ether oxygens (including phenoxy) is 2. The minimum absolute atomic E-state index is 0.104. The highest BCUT2D eigenvalue weighted by molar-refractivity contribution is 5.91. The number of amides is 1. The van der Waals surface area contributed by atoms with Crippen LogP contribution in [-0.2, 0) is 11.2 Å². The Hall–Kier alpha value is -4.06. The lowest BCUT2D eigenvalue weighted by Gasteiger charge is -2.09. The first kappa shape index (κ1) is 20.2. The van der Waals surface area contributed by atoms with Gasteiger partial charge in [-0.25, -0.2) is 0 Å². The van der Waals surface area contributed by atoms with E-state index >= 15 is 0 Å². The normalized spacial score (nSPS) is 10.6. The molecule has 0 saturated carbocycles. The van der Waals surface area contributed by atoms with Crippen molar-refractivity contribution < 1.29 is 18.7 Å². The zero-order valence-electron chi connectivity index (χ0n) is 17.0. The quantitative estimate of drug-likeness (QED) is 0.451. The van der Waals surface area contributed by atoms with E-state index in [0.717, 1.165) is 6.42 Å². The van der Waals surface area contributed by atoms with Crippen LogP contribution in [0.2, 0.25) is 0 Å². The predicted octanol–water partition coefficient (Wildman–Crippen LogP) is 5.17. The van der Waals surface area contributed by atoms with Gasteiger partial charge in [0, 0.05) is 11.8 Å². The number of hydrogen-bond donors (Lipinski definition) is 1. The molecule has 0 aliphatic heterocycles. The molecule has 0 aliphatic carbocycles. The standard InChI is InChI=1S/C25H21NO5/c1-2-17-8-10-19(11-9-17)31-23-15-30-22-14-20(12-13-21(22)25(23)28)29-16-24(27)26-18-6-4-3-5-7-18/h3-15H,2,16H2,1H3,(H,26,27). The molecule has 1 amide bonds. The van der Waals surface area contributed by atoms with Crippen molar-refractivity contribution in [3.8, 4) is 17.2 Å². The highest BCUT2D eigenvalue weighted by Gasteiger charge is 2.11. The maximum atomic E-state index is 12.7. The average molecular weight is 415 g/mol. The van der Waals surface area contributed by atoms with E-state index in [1.165, 1.54) is 11.8 Å². The maximum absolute atomic E-state index is 12.7. The van der Waals surface area contributed by atoms with Gasteiger partial charge in [-0.05, 0) is 48.4 Å². The summed E-state index contributed by atoms with van der Waals surface area (Å²) in [4.78, 5) is 24.8. The van der Waals surface area contributed by atoms with Gasteiger partial charge < -0.3 is 19.2 Å². The molecular formula is C25H21NO5. The number of benzene rings is 3. The second kappa shape index (κ2) is 9.17. The number of carbonyl (C=O) groups is 1. The lowest BCUT2D eigenvalue weighted by atomic mass is 10.2. The van der Waals surface area contributed by atoms with Crippen LogP contribution in [0.5, 0.6) is 17.2 Å². The van der Waals surface area contributed by atoms with E-state index in [1.807, 2.05) is 42.5 Å². The van der Waals surface area contributed by atoms with Crippen LogP contribution in [0, 0.1) is 0 Å². The zero-order valence-corrected chi connectivity index (χ0v) is 17.0. The minimum atomic E-state index is -0.286. The Morgan fingerprint density at radius 3 is 2.45 bits per heavy atom. The van der Waals surface area contributed by atoms with Gasteiger partial charge in [-0.3, -0.25) is 9.59 Å². The Balaban J connectivity index is 1.45. The number of aryl methyl sites for hydroxylation is 1. The fourth-order valence-corrected chi connectivity index (χ4v) is 3.04. The summed E-state index contributed by atoms with van der Waals surface area (Å²) in [5.74, 6) is 0.800. The summed E-state index contributed by atoms with van der Waals surface area (Å²) in [5.41, 5.74) is 1.94. The number of para-hydroxylation sites is 1. The number of anilines is 1. The van der Waals surface area contributed by atoms with Gasteiger partial charge in [-0.2, -0.15) is 0 Å². The molecule has 0 spiro atoms. The van der Waals surface area contributed by atoms with E-state index in [9.17, 15) is 9.59 Å². The number of carbonyl (C=O) groups excluding carboxylic acids is 1. The summed E-state index contributed by atoms with van der Waals surface area (Å²) in [6.45, 7) is 1.90. The van der Waals surface area contributed by atoms with Crippen molar-refractivity contribution in [2.24, 2.45) is 0 Å². The van der Waals surface area contributed by atoms with E-state index in [2.05, 4.69) is 12.2 Å². The van der Waals surface area contributed by atoms with Crippen LogP contribution in [0.15, 0.2) is 88.3 Å². The molecule has 0 radical (unpaired) electrons. The zero-order chi connectivity index (χ0) is 21.6. The highest BCUT2D eigenvalue weighted by Crippen LogP contribution is 2.24. The molecule has 6 heteroatoms. The average Bonchev–Trinajstić information content (AvgIpc) is 2.80. The van der Waals surface area contributed by atoms with Crippen molar-refractivity contribution in [1.29, 1.82) is 0 Å². The Labute approximate surface area is 179 Å². The Morgan fingerprint density at radius 2 is 1.71 bits per heavy atom. The second-order valence-corrected chi connectivity index (χ2v) is 6.89. The number of rotatable bonds is 7. The third kappa shape index (κ3) is 4.93. The Bertz CT molecular complexity index is 1250. The molecule has 0 aliphatic rings. The van der Waals surface area contributed by atoms with Gasteiger partial charge in [0.1, 0.15) is 23.3 Å². The molecule has 1 heterocycles. The van der Waals surface area contributed by atoms with Crippen LogP contribution in [0.25, 0.3) is 11.0 Å². The van der Waals surface area contributed by atoms with Crippen molar-refractivity contribution in [3.05, 3.63) is 94.8 Å². The molecule has 0 atom stereocenters. The van der Waals surface area contributed by atoms with Crippen molar-refractivity contribution in [1.82, 2.24) is 0 Å². The molecule has 4 aromatic rings. The van der Waals surface area contributed by atoms with Crippen LogP contribution in [0.4, 0.5) is 5.69 Å². The van der Waals surface area contributed by atoms with Gasteiger partial charge in [0.25, 0.3) is 5.91 Å². The van der Waals surface area contributed by atoms with Gasteiger partial charge in [0.05, 0.1) is 5.39 Å². The van der Waals surface area contributed by atoms with Crippen molar-refractivity contribution in [3.63, 3.8) is 0 Å². The lowest BCUT2D eigenvalue weighted by molar-refractivity contribution is -0.118. The Kier molecular flexibility index (Phi) is 5.98. The summed E-state index contributed by atoms with van der Waals surface area (Å²) >= 11 is 0. The third-order valence-corrected chi connectivity index (χ3v) is 4.70. The lowest BCUT2D eigenvalue weighted by Crippen LogP contribution is -2.20. The first-order chi connectivity index (χ1) is 15.1. The predicted molar refractivity (Wildman–Crippen MR) is 119 cm³/mol. The third-order valence-electron chi connectivity index (χ3n) is 4.70. The molecule has 1 aromatic heterocycles. The molecular weight excluding hydrogens is 394 g/mol. The second-order valence-electron chi connectivity index (χ2n) is 6.89. The molecule has 4 rings (SSSR count). The monoisotopic (exact) mass is 415 g/mol. The van der Waals surface area contributed by atoms with Gasteiger partial charge in [0.15, 0.2) is 6.61 Å². The molecule has 0 bridgehead atoms. The van der Waals surface area contributed by atoms with Gasteiger partial charge >= 0.3 is 0 Å².